The third kappa shape index (κ3) is 2.43. The van der Waals surface area contributed by atoms with Gasteiger partial charge < -0.3 is 15.4 Å². The Morgan fingerprint density at radius 2 is 2.08 bits per heavy atom. The van der Waals surface area contributed by atoms with E-state index in [9.17, 15) is 4.79 Å². The van der Waals surface area contributed by atoms with Gasteiger partial charge in [-0.3, -0.25) is 4.99 Å². The van der Waals surface area contributed by atoms with Gasteiger partial charge in [-0.1, -0.05) is 42.1 Å². The summed E-state index contributed by atoms with van der Waals surface area (Å²) in [7, 11) is 1.40. The van der Waals surface area contributed by atoms with E-state index in [4.69, 9.17) is 4.74 Å². The van der Waals surface area contributed by atoms with E-state index in [1.54, 1.807) is 0 Å². The molecular weight excluding hydrogens is 322 g/mol. The normalized spacial score (nSPS) is 22.0. The quantitative estimate of drug-likeness (QED) is 0.828. The fourth-order valence-electron chi connectivity index (χ4n) is 2.94. The highest BCUT2D eigenvalue weighted by atomic mass is 32.2. The van der Waals surface area contributed by atoms with Crippen LogP contribution in [0.25, 0.3) is 5.57 Å². The van der Waals surface area contributed by atoms with Crippen LogP contribution in [0.2, 0.25) is 0 Å². The van der Waals surface area contributed by atoms with E-state index < -0.39 is 0 Å². The minimum atomic E-state index is -0.387. The zero-order valence-corrected chi connectivity index (χ0v) is 14.2. The summed E-state index contributed by atoms with van der Waals surface area (Å²) in [6, 6.07) is 10.3. The number of benzene rings is 1. The van der Waals surface area contributed by atoms with Crippen LogP contribution in [-0.4, -0.2) is 30.8 Å². The Morgan fingerprint density at radius 1 is 1.29 bits per heavy atom. The standard InChI is InChI=1S/C18H17N3O2S/c1-10-14(21-17(24-10)18(22)23-2)15-13-8-12(9-19-16(13)20-15)11-6-4-3-5-7-11/h3-8,17,21H,9H2,1-2H3,(H,19,20). The number of hydrogen-bond acceptors (Lipinski definition) is 6. The van der Waals surface area contributed by atoms with Crippen molar-refractivity contribution in [2.75, 3.05) is 13.7 Å². The monoisotopic (exact) mass is 339 g/mol. The maximum absolute atomic E-state index is 11.7. The second-order valence-electron chi connectivity index (χ2n) is 5.71. The number of methoxy groups -OCH3 is 1. The van der Waals surface area contributed by atoms with Gasteiger partial charge >= 0.3 is 5.97 Å². The average Bonchev–Trinajstić information content (AvgIpc) is 2.97. The van der Waals surface area contributed by atoms with Crippen LogP contribution >= 0.6 is 11.8 Å². The van der Waals surface area contributed by atoms with E-state index in [1.165, 1.54) is 30.0 Å². The van der Waals surface area contributed by atoms with Crippen LogP contribution in [0.1, 0.15) is 12.5 Å². The number of hydrogen-bond donors (Lipinski definition) is 2. The molecule has 0 radical (unpaired) electrons. The summed E-state index contributed by atoms with van der Waals surface area (Å²) in [6.07, 6.45) is 2.18. The first-order valence-corrected chi connectivity index (χ1v) is 8.59. The number of aliphatic imine (C=N–C) groups is 1. The molecule has 24 heavy (non-hydrogen) atoms. The lowest BCUT2D eigenvalue weighted by Crippen LogP contribution is -2.43. The minimum Gasteiger partial charge on any atom is -0.467 e. The van der Waals surface area contributed by atoms with E-state index in [-0.39, 0.29) is 11.3 Å². The number of nitrogens with one attached hydrogen (secondary N) is 2. The molecule has 0 amide bonds. The molecule has 1 aromatic carbocycles. The molecule has 5 nitrogen and oxygen atoms in total. The highest BCUT2D eigenvalue weighted by Gasteiger charge is 2.36. The first-order valence-electron chi connectivity index (χ1n) is 7.72. The summed E-state index contributed by atoms with van der Waals surface area (Å²) in [5.41, 5.74) is 5.42. The Labute approximate surface area is 144 Å². The van der Waals surface area contributed by atoms with Crippen LogP contribution in [-0.2, 0) is 9.53 Å². The number of dihydropyridines is 1. The van der Waals surface area contributed by atoms with Gasteiger partial charge in [0.05, 0.1) is 25.0 Å². The van der Waals surface area contributed by atoms with E-state index in [2.05, 4.69) is 33.8 Å². The number of carbonyl (C=O) groups excluding carboxylic acids is 1. The molecule has 0 aromatic heterocycles. The number of fused-ring (bicyclic) bond motifs is 1. The summed E-state index contributed by atoms with van der Waals surface area (Å²) < 4.78 is 4.82. The summed E-state index contributed by atoms with van der Waals surface area (Å²) in [4.78, 5) is 17.4. The summed E-state index contributed by atoms with van der Waals surface area (Å²) in [6.45, 7) is 2.68. The molecule has 0 aliphatic carbocycles. The van der Waals surface area contributed by atoms with Crippen molar-refractivity contribution in [1.82, 2.24) is 10.6 Å². The highest BCUT2D eigenvalue weighted by molar-refractivity contribution is 8.04. The van der Waals surface area contributed by atoms with Gasteiger partial charge in [-0.2, -0.15) is 0 Å². The third-order valence-electron chi connectivity index (χ3n) is 4.23. The number of ether oxygens (including phenoxy) is 1. The highest BCUT2D eigenvalue weighted by Crippen LogP contribution is 2.38. The molecule has 122 valence electrons. The molecular formula is C18H17N3O2S. The number of thioether (sulfide) groups is 1. The van der Waals surface area contributed by atoms with Crippen molar-refractivity contribution in [2.45, 2.75) is 12.3 Å². The van der Waals surface area contributed by atoms with E-state index in [1.807, 2.05) is 25.1 Å². The zero-order valence-electron chi connectivity index (χ0n) is 13.4. The molecule has 1 aromatic rings. The molecule has 4 rings (SSSR count). The van der Waals surface area contributed by atoms with Crippen LogP contribution < -0.4 is 10.6 Å². The fraction of sp³-hybridized carbons (Fsp3) is 0.222. The van der Waals surface area contributed by atoms with Gasteiger partial charge in [0.2, 0.25) is 0 Å². The zero-order chi connectivity index (χ0) is 16.7. The first kappa shape index (κ1) is 15.1. The lowest BCUT2D eigenvalue weighted by Gasteiger charge is -2.31. The SMILES string of the molecule is COC(=O)C1NC(C2=C3C=C(c4ccccc4)CN=C3N2)=C(C)S1. The maximum atomic E-state index is 11.7. The largest absolute Gasteiger partial charge is 0.467 e. The van der Waals surface area contributed by atoms with Gasteiger partial charge in [-0.25, -0.2) is 4.79 Å². The van der Waals surface area contributed by atoms with Crippen LogP contribution in [0.15, 0.2) is 63.3 Å². The average molecular weight is 339 g/mol. The van der Waals surface area contributed by atoms with Crippen LogP contribution in [0.4, 0.5) is 0 Å². The van der Waals surface area contributed by atoms with Crippen molar-refractivity contribution in [1.29, 1.82) is 0 Å². The van der Waals surface area contributed by atoms with E-state index in [0.717, 1.165) is 27.7 Å². The van der Waals surface area contributed by atoms with Crippen LogP contribution in [0, 0.1) is 0 Å². The molecule has 2 N–H and O–H groups in total. The van der Waals surface area contributed by atoms with Gasteiger partial charge in [0.25, 0.3) is 0 Å². The van der Waals surface area contributed by atoms with E-state index >= 15 is 0 Å². The molecule has 1 atom stereocenters. The molecule has 3 aliphatic heterocycles. The summed E-state index contributed by atoms with van der Waals surface area (Å²) in [5.74, 6) is 0.649. The van der Waals surface area contributed by atoms with Crippen molar-refractivity contribution in [3.05, 3.63) is 63.8 Å². The molecule has 1 unspecified atom stereocenters. The van der Waals surface area contributed by atoms with Crippen molar-refractivity contribution in [3.8, 4) is 0 Å². The fourth-order valence-corrected chi connectivity index (χ4v) is 3.94. The Balaban J connectivity index is 1.65. The number of allylic oxidation sites excluding steroid dienone is 1. The van der Waals surface area contributed by atoms with Gasteiger partial charge in [0, 0.05) is 10.5 Å². The Kier molecular flexibility index (Phi) is 3.69. The molecule has 3 heterocycles. The summed E-state index contributed by atoms with van der Waals surface area (Å²) >= 11 is 1.48. The number of amidine groups is 1. The number of rotatable bonds is 3. The van der Waals surface area contributed by atoms with Crippen LogP contribution in [0.3, 0.4) is 0 Å². The lowest BCUT2D eigenvalue weighted by molar-refractivity contribution is -0.140. The van der Waals surface area contributed by atoms with Crippen molar-refractivity contribution in [3.63, 3.8) is 0 Å². The predicted molar refractivity (Wildman–Crippen MR) is 96.1 cm³/mol. The lowest BCUT2D eigenvalue weighted by atomic mass is 9.94. The Morgan fingerprint density at radius 3 is 2.83 bits per heavy atom. The summed E-state index contributed by atoms with van der Waals surface area (Å²) in [5, 5.41) is 6.16. The Bertz CT molecular complexity index is 837. The van der Waals surface area contributed by atoms with Crippen molar-refractivity contribution < 1.29 is 9.53 Å². The minimum absolute atomic E-state index is 0.266. The number of esters is 1. The Hall–Kier alpha value is -2.47. The second-order valence-corrected chi connectivity index (χ2v) is 7.03. The molecule has 0 spiro atoms. The van der Waals surface area contributed by atoms with Gasteiger partial charge in [0.1, 0.15) is 5.84 Å². The third-order valence-corrected chi connectivity index (χ3v) is 5.33. The molecule has 0 bridgehead atoms. The maximum Gasteiger partial charge on any atom is 0.339 e. The van der Waals surface area contributed by atoms with Crippen molar-refractivity contribution >= 4 is 29.1 Å². The molecule has 3 aliphatic rings. The molecule has 6 heteroatoms. The molecule has 0 fully saturated rings. The number of carbonyl (C=O) groups is 1. The van der Waals surface area contributed by atoms with Gasteiger partial charge in [-0.15, -0.1) is 0 Å². The topological polar surface area (TPSA) is 62.7 Å². The van der Waals surface area contributed by atoms with Gasteiger partial charge in [0.15, 0.2) is 5.37 Å². The predicted octanol–water partition coefficient (Wildman–Crippen LogP) is 2.41. The number of nitrogens with zero attached hydrogens (tertiary/aromatic N) is 1. The first-order chi connectivity index (χ1) is 11.7. The van der Waals surface area contributed by atoms with E-state index in [0.29, 0.717) is 6.54 Å². The molecule has 0 saturated carbocycles. The second kappa shape index (κ2) is 5.87. The smallest absolute Gasteiger partial charge is 0.339 e. The molecule has 0 saturated heterocycles. The van der Waals surface area contributed by atoms with Crippen LogP contribution in [0.5, 0.6) is 0 Å². The van der Waals surface area contributed by atoms with Crippen molar-refractivity contribution in [2.24, 2.45) is 4.99 Å². The van der Waals surface area contributed by atoms with Gasteiger partial charge in [-0.05, 0) is 24.1 Å².